The van der Waals surface area contributed by atoms with E-state index in [-0.39, 0.29) is 0 Å². The number of nitriles is 1. The lowest BCUT2D eigenvalue weighted by Crippen LogP contribution is -2.47. The van der Waals surface area contributed by atoms with Gasteiger partial charge in [-0.15, -0.1) is 11.3 Å². The molecular weight excluding hydrogens is 272 g/mol. The molecule has 0 spiro atoms. The van der Waals surface area contributed by atoms with Gasteiger partial charge in [-0.3, -0.25) is 0 Å². The number of nitrogens with two attached hydrogens (primary N) is 1. The van der Waals surface area contributed by atoms with Crippen LogP contribution in [0, 0.1) is 11.3 Å². The van der Waals surface area contributed by atoms with Crippen molar-refractivity contribution in [2.24, 2.45) is 0 Å². The first-order valence-corrected chi connectivity index (χ1v) is 7.21. The number of anilines is 3. The highest BCUT2D eigenvalue weighted by Gasteiger charge is 2.21. The summed E-state index contributed by atoms with van der Waals surface area (Å²) in [6.07, 6.45) is 3.39. The van der Waals surface area contributed by atoms with E-state index in [0.717, 1.165) is 37.1 Å². The fraction of sp³-hybridized carbons (Fsp3) is 0.308. The Kier molecular flexibility index (Phi) is 3.39. The van der Waals surface area contributed by atoms with Gasteiger partial charge < -0.3 is 15.5 Å². The molecule has 0 aromatic carbocycles. The number of piperazine rings is 1. The summed E-state index contributed by atoms with van der Waals surface area (Å²) >= 11 is 1.65. The number of thiazole rings is 1. The molecule has 0 radical (unpaired) electrons. The van der Waals surface area contributed by atoms with Crippen LogP contribution in [-0.4, -0.2) is 36.1 Å². The van der Waals surface area contributed by atoms with Crippen molar-refractivity contribution in [3.05, 3.63) is 29.4 Å². The summed E-state index contributed by atoms with van der Waals surface area (Å²) in [4.78, 5) is 13.1. The van der Waals surface area contributed by atoms with Gasteiger partial charge in [0.25, 0.3) is 0 Å². The number of aromatic nitrogens is 2. The Morgan fingerprint density at radius 1 is 1.20 bits per heavy atom. The molecule has 0 saturated carbocycles. The summed E-state index contributed by atoms with van der Waals surface area (Å²) in [5.41, 5.74) is 7.03. The molecule has 1 saturated heterocycles. The second-order valence-corrected chi connectivity index (χ2v) is 5.41. The van der Waals surface area contributed by atoms with Crippen molar-refractivity contribution in [2.45, 2.75) is 0 Å². The molecule has 1 aliphatic rings. The summed E-state index contributed by atoms with van der Waals surface area (Å²) in [6.45, 7) is 3.49. The van der Waals surface area contributed by atoms with Crippen molar-refractivity contribution in [1.29, 1.82) is 5.26 Å². The van der Waals surface area contributed by atoms with Crippen molar-refractivity contribution in [1.82, 2.24) is 9.97 Å². The van der Waals surface area contributed by atoms with E-state index >= 15 is 0 Å². The zero-order chi connectivity index (χ0) is 13.9. The molecule has 2 N–H and O–H groups in total. The van der Waals surface area contributed by atoms with Crippen LogP contribution in [0.15, 0.2) is 23.8 Å². The van der Waals surface area contributed by atoms with E-state index < -0.39 is 0 Å². The second kappa shape index (κ2) is 5.35. The Labute approximate surface area is 121 Å². The molecule has 2 aromatic rings. The maximum absolute atomic E-state index is 8.83. The minimum atomic E-state index is 0.493. The van der Waals surface area contributed by atoms with E-state index in [2.05, 4.69) is 19.8 Å². The van der Waals surface area contributed by atoms with Gasteiger partial charge in [-0.2, -0.15) is 5.26 Å². The topological polar surface area (TPSA) is 82.1 Å². The lowest BCUT2D eigenvalue weighted by Gasteiger charge is -2.35. The molecule has 7 heteroatoms. The van der Waals surface area contributed by atoms with Crippen molar-refractivity contribution in [3.8, 4) is 6.07 Å². The molecule has 0 amide bonds. The molecule has 102 valence electrons. The molecule has 0 atom stereocenters. The lowest BCUT2D eigenvalue weighted by molar-refractivity contribution is 0.647. The second-order valence-electron chi connectivity index (χ2n) is 4.54. The average molecular weight is 286 g/mol. The van der Waals surface area contributed by atoms with Gasteiger partial charge in [0, 0.05) is 44.0 Å². The van der Waals surface area contributed by atoms with Gasteiger partial charge in [0.2, 0.25) is 0 Å². The van der Waals surface area contributed by atoms with Gasteiger partial charge in [0.05, 0.1) is 11.3 Å². The van der Waals surface area contributed by atoms with Crippen LogP contribution in [0.4, 0.5) is 16.6 Å². The lowest BCUT2D eigenvalue weighted by atomic mass is 10.2. The van der Waals surface area contributed by atoms with Crippen LogP contribution in [0.2, 0.25) is 0 Å². The van der Waals surface area contributed by atoms with Gasteiger partial charge in [0.15, 0.2) is 10.9 Å². The average Bonchev–Trinajstić information content (AvgIpc) is 3.01. The van der Waals surface area contributed by atoms with E-state index in [0.29, 0.717) is 11.3 Å². The van der Waals surface area contributed by atoms with Crippen LogP contribution in [0.3, 0.4) is 0 Å². The Balaban J connectivity index is 1.71. The molecule has 1 fully saturated rings. The van der Waals surface area contributed by atoms with Crippen LogP contribution < -0.4 is 15.5 Å². The Bertz CT molecular complexity index is 625. The summed E-state index contributed by atoms with van der Waals surface area (Å²) in [5.74, 6) is 0.766. The third kappa shape index (κ3) is 2.38. The van der Waals surface area contributed by atoms with E-state index in [9.17, 15) is 0 Å². The highest BCUT2D eigenvalue weighted by molar-refractivity contribution is 7.13. The van der Waals surface area contributed by atoms with Crippen LogP contribution in [0.5, 0.6) is 0 Å². The molecule has 6 nitrogen and oxygen atoms in total. The first-order chi connectivity index (χ1) is 9.78. The number of pyridine rings is 1. The maximum Gasteiger partial charge on any atom is 0.185 e. The number of hydrogen-bond donors (Lipinski definition) is 1. The molecule has 3 heterocycles. The number of nitrogens with zero attached hydrogens (tertiary/aromatic N) is 5. The predicted octanol–water partition coefficient (Wildman–Crippen LogP) is 1.32. The molecule has 3 rings (SSSR count). The van der Waals surface area contributed by atoms with Gasteiger partial charge >= 0.3 is 0 Å². The third-order valence-corrected chi connectivity index (χ3v) is 4.13. The summed E-state index contributed by atoms with van der Waals surface area (Å²) in [7, 11) is 0. The SMILES string of the molecule is N#Cc1cnc(N2CCN(c3nccs3)CC2)c(N)c1. The smallest absolute Gasteiger partial charge is 0.185 e. The van der Waals surface area contributed by atoms with Crippen molar-refractivity contribution in [3.63, 3.8) is 0 Å². The minimum Gasteiger partial charge on any atom is -0.396 e. The fourth-order valence-electron chi connectivity index (χ4n) is 2.28. The summed E-state index contributed by atoms with van der Waals surface area (Å²) < 4.78 is 0. The number of nitrogen functional groups attached to an aromatic ring is 1. The van der Waals surface area contributed by atoms with Crippen molar-refractivity contribution >= 4 is 28.0 Å². The Morgan fingerprint density at radius 2 is 1.95 bits per heavy atom. The quantitative estimate of drug-likeness (QED) is 0.896. The first kappa shape index (κ1) is 12.7. The molecule has 1 aliphatic heterocycles. The van der Waals surface area contributed by atoms with Gasteiger partial charge in [0.1, 0.15) is 6.07 Å². The first-order valence-electron chi connectivity index (χ1n) is 6.33. The standard InChI is InChI=1S/C13H14N6S/c14-8-10-7-11(15)12(17-9-10)18-2-4-19(5-3-18)13-16-1-6-20-13/h1,6-7,9H,2-5,15H2. The fourth-order valence-corrected chi connectivity index (χ4v) is 2.98. The van der Waals surface area contributed by atoms with E-state index in [4.69, 9.17) is 11.0 Å². The third-order valence-electron chi connectivity index (χ3n) is 3.29. The van der Waals surface area contributed by atoms with E-state index in [1.54, 1.807) is 23.6 Å². The highest BCUT2D eigenvalue weighted by Crippen LogP contribution is 2.24. The predicted molar refractivity (Wildman–Crippen MR) is 79.9 cm³/mol. The summed E-state index contributed by atoms with van der Waals surface area (Å²) in [6, 6.07) is 3.72. The van der Waals surface area contributed by atoms with Gasteiger partial charge in [-0.05, 0) is 6.07 Å². The van der Waals surface area contributed by atoms with Crippen molar-refractivity contribution in [2.75, 3.05) is 41.7 Å². The zero-order valence-electron chi connectivity index (χ0n) is 10.9. The molecule has 0 aliphatic carbocycles. The van der Waals surface area contributed by atoms with Gasteiger partial charge in [-0.25, -0.2) is 9.97 Å². The number of hydrogen-bond acceptors (Lipinski definition) is 7. The van der Waals surface area contributed by atoms with E-state index in [1.165, 1.54) is 0 Å². The Hall–Kier alpha value is -2.33. The van der Waals surface area contributed by atoms with E-state index in [1.807, 2.05) is 17.6 Å². The van der Waals surface area contributed by atoms with Crippen LogP contribution in [0.25, 0.3) is 0 Å². The Morgan fingerprint density at radius 3 is 2.55 bits per heavy atom. The molecular formula is C13H14N6S. The zero-order valence-corrected chi connectivity index (χ0v) is 11.7. The molecule has 0 bridgehead atoms. The monoisotopic (exact) mass is 286 g/mol. The molecule has 0 unspecified atom stereocenters. The largest absolute Gasteiger partial charge is 0.396 e. The van der Waals surface area contributed by atoms with Crippen molar-refractivity contribution < 1.29 is 0 Å². The van der Waals surface area contributed by atoms with Crippen LogP contribution in [0.1, 0.15) is 5.56 Å². The number of rotatable bonds is 2. The van der Waals surface area contributed by atoms with Crippen LogP contribution >= 0.6 is 11.3 Å². The highest BCUT2D eigenvalue weighted by atomic mass is 32.1. The summed E-state index contributed by atoms with van der Waals surface area (Å²) in [5, 5.41) is 11.9. The molecule has 20 heavy (non-hydrogen) atoms. The molecule has 2 aromatic heterocycles. The van der Waals surface area contributed by atoms with Gasteiger partial charge in [-0.1, -0.05) is 0 Å². The van der Waals surface area contributed by atoms with Crippen LogP contribution in [-0.2, 0) is 0 Å². The maximum atomic E-state index is 8.83. The normalized spacial score (nSPS) is 15.2. The minimum absolute atomic E-state index is 0.493.